The summed E-state index contributed by atoms with van der Waals surface area (Å²) in [7, 11) is 0. The van der Waals surface area contributed by atoms with Gasteiger partial charge in [-0.3, -0.25) is 4.68 Å². The molecular formula is C15H19ClN2O. The van der Waals surface area contributed by atoms with Crippen molar-refractivity contribution < 1.29 is 5.11 Å². The van der Waals surface area contributed by atoms with Crippen molar-refractivity contribution in [2.75, 3.05) is 5.88 Å². The van der Waals surface area contributed by atoms with E-state index < -0.39 is 5.60 Å². The molecule has 1 heterocycles. The number of halogens is 1. The van der Waals surface area contributed by atoms with E-state index in [4.69, 9.17) is 11.6 Å². The van der Waals surface area contributed by atoms with Crippen molar-refractivity contribution in [2.24, 2.45) is 0 Å². The summed E-state index contributed by atoms with van der Waals surface area (Å²) in [4.78, 5) is 0. The molecule has 102 valence electrons. The van der Waals surface area contributed by atoms with Gasteiger partial charge in [0.1, 0.15) is 5.60 Å². The fourth-order valence-electron chi connectivity index (χ4n) is 2.34. The van der Waals surface area contributed by atoms with Crippen molar-refractivity contribution in [1.82, 2.24) is 9.78 Å². The number of rotatable bonds is 6. The highest BCUT2D eigenvalue weighted by Crippen LogP contribution is 2.33. The first-order valence-corrected chi connectivity index (χ1v) is 7.12. The van der Waals surface area contributed by atoms with Crippen molar-refractivity contribution >= 4 is 11.6 Å². The summed E-state index contributed by atoms with van der Waals surface area (Å²) in [6.07, 6.45) is 3.17. The number of benzene rings is 1. The molecule has 1 unspecified atom stereocenters. The van der Waals surface area contributed by atoms with Gasteiger partial charge in [0, 0.05) is 18.6 Å². The standard InChI is InChI=1S/C15H19ClN2O/c1-2-12-18-14(8-11-17-18)15(19,9-10-16)13-6-4-3-5-7-13/h3-8,11,19H,2,9-10,12H2,1H3. The van der Waals surface area contributed by atoms with Gasteiger partial charge in [-0.2, -0.15) is 5.10 Å². The van der Waals surface area contributed by atoms with Crippen LogP contribution in [0, 0.1) is 0 Å². The minimum atomic E-state index is -1.07. The molecular weight excluding hydrogens is 260 g/mol. The molecule has 3 nitrogen and oxygen atoms in total. The third-order valence-corrected chi connectivity index (χ3v) is 3.47. The van der Waals surface area contributed by atoms with Crippen molar-refractivity contribution in [3.63, 3.8) is 0 Å². The molecule has 19 heavy (non-hydrogen) atoms. The summed E-state index contributed by atoms with van der Waals surface area (Å²) in [5.41, 5.74) is 0.587. The monoisotopic (exact) mass is 278 g/mol. The van der Waals surface area contributed by atoms with Crippen LogP contribution in [-0.4, -0.2) is 20.8 Å². The number of alkyl halides is 1. The Kier molecular flexibility index (Phi) is 4.61. The average molecular weight is 279 g/mol. The van der Waals surface area contributed by atoms with Gasteiger partial charge >= 0.3 is 0 Å². The summed E-state index contributed by atoms with van der Waals surface area (Å²) >= 11 is 5.89. The molecule has 0 amide bonds. The SMILES string of the molecule is CCCn1nccc1C(O)(CCCl)c1ccccc1. The maximum atomic E-state index is 11.1. The quantitative estimate of drug-likeness (QED) is 0.824. The second kappa shape index (κ2) is 6.22. The van der Waals surface area contributed by atoms with E-state index in [1.54, 1.807) is 6.20 Å². The van der Waals surface area contributed by atoms with Crippen LogP contribution in [0.1, 0.15) is 31.0 Å². The molecule has 4 heteroatoms. The number of hydrogen-bond donors (Lipinski definition) is 1. The maximum absolute atomic E-state index is 11.1. The molecule has 0 radical (unpaired) electrons. The summed E-state index contributed by atoms with van der Waals surface area (Å²) in [6, 6.07) is 11.5. The molecule has 0 saturated carbocycles. The van der Waals surface area contributed by atoms with Crippen molar-refractivity contribution in [1.29, 1.82) is 0 Å². The van der Waals surface area contributed by atoms with E-state index >= 15 is 0 Å². The molecule has 0 spiro atoms. The second-order valence-corrected chi connectivity index (χ2v) is 4.98. The van der Waals surface area contributed by atoms with Gasteiger partial charge in [0.05, 0.1) is 5.69 Å². The number of aliphatic hydroxyl groups is 1. The highest BCUT2D eigenvalue weighted by Gasteiger charge is 2.33. The molecule has 0 saturated heterocycles. The summed E-state index contributed by atoms with van der Waals surface area (Å²) < 4.78 is 1.86. The van der Waals surface area contributed by atoms with Gasteiger partial charge in [-0.05, 0) is 24.5 Å². The first-order chi connectivity index (χ1) is 9.22. The Morgan fingerprint density at radius 3 is 2.63 bits per heavy atom. The van der Waals surface area contributed by atoms with Crippen LogP contribution in [0.5, 0.6) is 0 Å². The lowest BCUT2D eigenvalue weighted by atomic mass is 9.87. The molecule has 1 aromatic carbocycles. The predicted octanol–water partition coefficient (Wildman–Crippen LogP) is 3.16. The summed E-state index contributed by atoms with van der Waals surface area (Å²) in [6.45, 7) is 2.88. The Bertz CT molecular complexity index is 512. The van der Waals surface area contributed by atoms with Gasteiger partial charge in [0.15, 0.2) is 0 Å². The van der Waals surface area contributed by atoms with Crippen LogP contribution in [0.15, 0.2) is 42.6 Å². The van der Waals surface area contributed by atoms with E-state index in [1.165, 1.54) is 0 Å². The topological polar surface area (TPSA) is 38.0 Å². The Labute approximate surface area is 118 Å². The molecule has 0 aliphatic heterocycles. The minimum absolute atomic E-state index is 0.392. The van der Waals surface area contributed by atoms with Crippen molar-refractivity contribution in [2.45, 2.75) is 31.9 Å². The van der Waals surface area contributed by atoms with E-state index in [2.05, 4.69) is 12.0 Å². The fraction of sp³-hybridized carbons (Fsp3) is 0.400. The Morgan fingerprint density at radius 1 is 1.26 bits per heavy atom. The molecule has 0 bridgehead atoms. The Balaban J connectivity index is 2.47. The predicted molar refractivity (Wildman–Crippen MR) is 77.3 cm³/mol. The Morgan fingerprint density at radius 2 is 2.00 bits per heavy atom. The lowest BCUT2D eigenvalue weighted by Gasteiger charge is -2.29. The summed E-state index contributed by atoms with van der Waals surface area (Å²) in [5, 5.41) is 15.4. The van der Waals surface area contributed by atoms with E-state index in [9.17, 15) is 5.11 Å². The number of aryl methyl sites for hydroxylation is 1. The third-order valence-electron chi connectivity index (χ3n) is 3.28. The van der Waals surface area contributed by atoms with Crippen LogP contribution < -0.4 is 0 Å². The van der Waals surface area contributed by atoms with Gasteiger partial charge in [0.25, 0.3) is 0 Å². The highest BCUT2D eigenvalue weighted by atomic mass is 35.5. The lowest BCUT2D eigenvalue weighted by molar-refractivity contribution is 0.0673. The zero-order chi connectivity index (χ0) is 13.7. The first-order valence-electron chi connectivity index (χ1n) is 6.58. The molecule has 2 aromatic rings. The third kappa shape index (κ3) is 2.82. The number of nitrogens with zero attached hydrogens (tertiary/aromatic N) is 2. The molecule has 0 fully saturated rings. The molecule has 0 aliphatic carbocycles. The molecule has 1 aromatic heterocycles. The average Bonchev–Trinajstić information content (AvgIpc) is 2.89. The van der Waals surface area contributed by atoms with Crippen LogP contribution in [0.25, 0.3) is 0 Å². The van der Waals surface area contributed by atoms with Crippen molar-refractivity contribution in [3.8, 4) is 0 Å². The van der Waals surface area contributed by atoms with Gasteiger partial charge in [-0.25, -0.2) is 0 Å². The summed E-state index contributed by atoms with van der Waals surface area (Å²) in [5.74, 6) is 0.392. The van der Waals surface area contributed by atoms with Crippen LogP contribution in [0.2, 0.25) is 0 Å². The van der Waals surface area contributed by atoms with Crippen LogP contribution in [0.4, 0.5) is 0 Å². The second-order valence-electron chi connectivity index (χ2n) is 4.60. The van der Waals surface area contributed by atoms with E-state index in [0.29, 0.717) is 12.3 Å². The first kappa shape index (κ1) is 14.1. The van der Waals surface area contributed by atoms with Crippen LogP contribution in [-0.2, 0) is 12.1 Å². The molecule has 1 atom stereocenters. The number of aromatic nitrogens is 2. The van der Waals surface area contributed by atoms with Gasteiger partial charge < -0.3 is 5.11 Å². The van der Waals surface area contributed by atoms with Gasteiger partial charge in [-0.15, -0.1) is 11.6 Å². The normalized spacial score (nSPS) is 14.3. The van der Waals surface area contributed by atoms with Gasteiger partial charge in [-0.1, -0.05) is 37.3 Å². The van der Waals surface area contributed by atoms with Crippen molar-refractivity contribution in [3.05, 3.63) is 53.9 Å². The van der Waals surface area contributed by atoms with E-state index in [-0.39, 0.29) is 0 Å². The van der Waals surface area contributed by atoms with E-state index in [1.807, 2.05) is 41.1 Å². The largest absolute Gasteiger partial charge is 0.379 e. The minimum Gasteiger partial charge on any atom is -0.379 e. The fourth-order valence-corrected chi connectivity index (χ4v) is 2.62. The maximum Gasteiger partial charge on any atom is 0.132 e. The van der Waals surface area contributed by atoms with Crippen LogP contribution in [0.3, 0.4) is 0 Å². The smallest absolute Gasteiger partial charge is 0.132 e. The molecule has 2 rings (SSSR count). The van der Waals surface area contributed by atoms with Crippen LogP contribution >= 0.6 is 11.6 Å². The lowest BCUT2D eigenvalue weighted by Crippen LogP contribution is -2.31. The Hall–Kier alpha value is -1.32. The van der Waals surface area contributed by atoms with Gasteiger partial charge in [0.2, 0.25) is 0 Å². The zero-order valence-corrected chi connectivity index (χ0v) is 11.8. The highest BCUT2D eigenvalue weighted by molar-refractivity contribution is 6.17. The molecule has 0 aliphatic rings. The van der Waals surface area contributed by atoms with E-state index in [0.717, 1.165) is 24.2 Å². The molecule has 1 N–H and O–H groups in total. The zero-order valence-electron chi connectivity index (χ0n) is 11.1. The number of hydrogen-bond acceptors (Lipinski definition) is 2.